The van der Waals surface area contributed by atoms with E-state index in [-0.39, 0.29) is 5.78 Å². The van der Waals surface area contributed by atoms with Gasteiger partial charge in [0.15, 0.2) is 5.78 Å². The molecule has 5 heteroatoms. The van der Waals surface area contributed by atoms with Gasteiger partial charge < -0.3 is 0 Å². The van der Waals surface area contributed by atoms with Crippen LogP contribution in [0.15, 0.2) is 35.6 Å². The molecule has 3 aromatic rings. The Morgan fingerprint density at radius 3 is 2.74 bits per heavy atom. The van der Waals surface area contributed by atoms with Gasteiger partial charge in [0.2, 0.25) is 0 Å². The number of fused-ring (bicyclic) bond motifs is 1. The van der Waals surface area contributed by atoms with Crippen molar-refractivity contribution >= 4 is 39.1 Å². The molecule has 3 nitrogen and oxygen atoms in total. The van der Waals surface area contributed by atoms with E-state index in [0.29, 0.717) is 5.75 Å². The second-order valence-electron chi connectivity index (χ2n) is 5.47. The fourth-order valence-corrected chi connectivity index (χ4v) is 4.17. The summed E-state index contributed by atoms with van der Waals surface area (Å²) in [6.45, 7) is 6.22. The first-order valence-electron chi connectivity index (χ1n) is 7.55. The molecule has 3 rings (SSSR count). The molecule has 2 aromatic heterocycles. The molecule has 0 N–H and O–H groups in total. The van der Waals surface area contributed by atoms with Crippen LogP contribution >= 0.6 is 23.1 Å². The smallest absolute Gasteiger partial charge is 0.173 e. The van der Waals surface area contributed by atoms with E-state index in [0.717, 1.165) is 32.8 Å². The number of Topliss-reactive ketones (excluding diaryl/α,β-unsaturated/α-hetero) is 1. The number of thiophene rings is 1. The van der Waals surface area contributed by atoms with E-state index >= 15 is 0 Å². The Kier molecular flexibility index (Phi) is 4.78. The van der Waals surface area contributed by atoms with Crippen LogP contribution in [0.2, 0.25) is 0 Å². The molecule has 0 saturated carbocycles. The van der Waals surface area contributed by atoms with Crippen LogP contribution < -0.4 is 0 Å². The molecule has 0 saturated heterocycles. The zero-order chi connectivity index (χ0) is 16.4. The largest absolute Gasteiger partial charge is 0.293 e. The van der Waals surface area contributed by atoms with Gasteiger partial charge in [-0.15, -0.1) is 11.3 Å². The van der Waals surface area contributed by atoms with Crippen molar-refractivity contribution in [2.45, 2.75) is 32.2 Å². The standard InChI is InChI=1S/C18H18N2OS2/c1-4-14-8-15-17(19-10-20-18(15)23-14)22-9-16(21)13-6-5-11(2)12(3)7-13/h5-8,10H,4,9H2,1-3H3. The highest BCUT2D eigenvalue weighted by Crippen LogP contribution is 2.31. The first-order valence-corrected chi connectivity index (χ1v) is 9.35. The minimum atomic E-state index is 0.135. The van der Waals surface area contributed by atoms with Crippen LogP contribution in [0.25, 0.3) is 10.2 Å². The topological polar surface area (TPSA) is 42.9 Å². The van der Waals surface area contributed by atoms with E-state index in [2.05, 4.69) is 29.9 Å². The Hall–Kier alpha value is -1.72. The lowest BCUT2D eigenvalue weighted by Gasteiger charge is -2.05. The number of carbonyl (C=O) groups excluding carboxylic acids is 1. The summed E-state index contributed by atoms with van der Waals surface area (Å²) < 4.78 is 0. The van der Waals surface area contributed by atoms with Crippen molar-refractivity contribution in [3.05, 3.63) is 52.2 Å². The number of benzene rings is 1. The highest BCUT2D eigenvalue weighted by Gasteiger charge is 2.12. The lowest BCUT2D eigenvalue weighted by molar-refractivity contribution is 0.102. The Bertz CT molecular complexity index is 871. The van der Waals surface area contributed by atoms with E-state index in [1.54, 1.807) is 17.7 Å². The Labute approximate surface area is 144 Å². The zero-order valence-corrected chi connectivity index (χ0v) is 15.1. The Morgan fingerprint density at radius 1 is 1.17 bits per heavy atom. The summed E-state index contributed by atoms with van der Waals surface area (Å²) in [5.41, 5.74) is 3.12. The Morgan fingerprint density at radius 2 is 2.00 bits per heavy atom. The molecule has 0 atom stereocenters. The average molecular weight is 342 g/mol. The van der Waals surface area contributed by atoms with Crippen LogP contribution in [0.5, 0.6) is 0 Å². The molecule has 0 fully saturated rings. The summed E-state index contributed by atoms with van der Waals surface area (Å²) in [7, 11) is 0. The molecule has 0 radical (unpaired) electrons. The third-order valence-corrected chi connectivity index (χ3v) is 6.05. The first-order chi connectivity index (χ1) is 11.1. The van der Waals surface area contributed by atoms with Crippen molar-refractivity contribution < 1.29 is 4.79 Å². The predicted octanol–water partition coefficient (Wildman–Crippen LogP) is 4.85. The fraction of sp³-hybridized carbons (Fsp3) is 0.278. The summed E-state index contributed by atoms with van der Waals surface area (Å²) in [6.07, 6.45) is 2.58. The number of thioether (sulfide) groups is 1. The van der Waals surface area contributed by atoms with Crippen molar-refractivity contribution in [3.8, 4) is 0 Å². The number of aryl methyl sites for hydroxylation is 3. The number of aromatic nitrogens is 2. The van der Waals surface area contributed by atoms with Gasteiger partial charge in [-0.1, -0.05) is 30.8 Å². The van der Waals surface area contributed by atoms with Crippen LogP contribution in [0.1, 0.15) is 33.3 Å². The van der Waals surface area contributed by atoms with Crippen molar-refractivity contribution in [1.29, 1.82) is 0 Å². The third kappa shape index (κ3) is 3.46. The summed E-state index contributed by atoms with van der Waals surface area (Å²) in [5.74, 6) is 0.530. The molecular weight excluding hydrogens is 324 g/mol. The normalized spacial score (nSPS) is 11.1. The molecule has 118 valence electrons. The predicted molar refractivity (Wildman–Crippen MR) is 97.8 cm³/mol. The van der Waals surface area contributed by atoms with Gasteiger partial charge in [-0.25, -0.2) is 9.97 Å². The molecule has 0 aliphatic carbocycles. The SMILES string of the molecule is CCc1cc2c(SCC(=O)c3ccc(C)c(C)c3)ncnc2s1. The van der Waals surface area contributed by atoms with Gasteiger partial charge in [0.1, 0.15) is 16.2 Å². The van der Waals surface area contributed by atoms with Crippen molar-refractivity contribution in [3.63, 3.8) is 0 Å². The maximum atomic E-state index is 12.4. The van der Waals surface area contributed by atoms with Crippen molar-refractivity contribution in [1.82, 2.24) is 9.97 Å². The van der Waals surface area contributed by atoms with E-state index in [1.165, 1.54) is 22.2 Å². The second-order valence-corrected chi connectivity index (χ2v) is 7.55. The van der Waals surface area contributed by atoms with Crippen LogP contribution in [-0.4, -0.2) is 21.5 Å². The molecule has 0 amide bonds. The fourth-order valence-electron chi connectivity index (χ4n) is 2.31. The molecular formula is C18H18N2OS2. The maximum Gasteiger partial charge on any atom is 0.173 e. The summed E-state index contributed by atoms with van der Waals surface area (Å²) >= 11 is 3.19. The van der Waals surface area contributed by atoms with Gasteiger partial charge in [0.25, 0.3) is 0 Å². The van der Waals surface area contributed by atoms with E-state index in [1.807, 2.05) is 25.1 Å². The number of ketones is 1. The number of nitrogens with zero attached hydrogens (tertiary/aromatic N) is 2. The number of carbonyl (C=O) groups is 1. The van der Waals surface area contributed by atoms with Crippen molar-refractivity contribution in [2.75, 3.05) is 5.75 Å². The molecule has 23 heavy (non-hydrogen) atoms. The summed E-state index contributed by atoms with van der Waals surface area (Å²) in [5, 5.41) is 1.95. The zero-order valence-electron chi connectivity index (χ0n) is 13.4. The number of rotatable bonds is 5. The molecule has 0 unspecified atom stereocenters. The van der Waals surface area contributed by atoms with Gasteiger partial charge in [0.05, 0.1) is 5.75 Å². The number of hydrogen-bond acceptors (Lipinski definition) is 5. The molecule has 0 bridgehead atoms. The van der Waals surface area contributed by atoms with Gasteiger partial charge in [-0.3, -0.25) is 4.79 Å². The van der Waals surface area contributed by atoms with Crippen LogP contribution in [0.3, 0.4) is 0 Å². The van der Waals surface area contributed by atoms with Gasteiger partial charge in [0, 0.05) is 15.8 Å². The van der Waals surface area contributed by atoms with Crippen LogP contribution in [0.4, 0.5) is 0 Å². The summed E-state index contributed by atoms with van der Waals surface area (Å²) in [6, 6.07) is 8.01. The maximum absolute atomic E-state index is 12.4. The minimum Gasteiger partial charge on any atom is -0.293 e. The van der Waals surface area contributed by atoms with Crippen LogP contribution in [-0.2, 0) is 6.42 Å². The molecule has 0 spiro atoms. The lowest BCUT2D eigenvalue weighted by Crippen LogP contribution is -2.03. The second kappa shape index (κ2) is 6.81. The summed E-state index contributed by atoms with van der Waals surface area (Å²) in [4.78, 5) is 23.4. The average Bonchev–Trinajstić information content (AvgIpc) is 2.99. The van der Waals surface area contributed by atoms with Crippen molar-refractivity contribution in [2.24, 2.45) is 0 Å². The first kappa shape index (κ1) is 16.1. The van der Waals surface area contributed by atoms with Gasteiger partial charge in [-0.2, -0.15) is 0 Å². The van der Waals surface area contributed by atoms with Gasteiger partial charge >= 0.3 is 0 Å². The highest BCUT2D eigenvalue weighted by atomic mass is 32.2. The molecule has 2 heterocycles. The van der Waals surface area contributed by atoms with E-state index in [9.17, 15) is 4.79 Å². The van der Waals surface area contributed by atoms with E-state index in [4.69, 9.17) is 0 Å². The quantitative estimate of drug-likeness (QED) is 0.378. The lowest BCUT2D eigenvalue weighted by atomic mass is 10.0. The van der Waals surface area contributed by atoms with Gasteiger partial charge in [-0.05, 0) is 43.5 Å². The molecule has 1 aromatic carbocycles. The molecule has 0 aliphatic rings. The van der Waals surface area contributed by atoms with Crippen LogP contribution in [0, 0.1) is 13.8 Å². The third-order valence-electron chi connectivity index (χ3n) is 3.86. The minimum absolute atomic E-state index is 0.135. The monoisotopic (exact) mass is 342 g/mol. The highest BCUT2D eigenvalue weighted by molar-refractivity contribution is 8.00. The molecule has 0 aliphatic heterocycles. The Balaban J connectivity index is 1.78. The van der Waals surface area contributed by atoms with E-state index < -0.39 is 0 Å². The number of hydrogen-bond donors (Lipinski definition) is 0.